The lowest BCUT2D eigenvalue weighted by molar-refractivity contribution is -0.136. The molecule has 3 aromatic rings. The Balaban J connectivity index is 1.24. The van der Waals surface area contributed by atoms with Crippen LogP contribution in [0.5, 0.6) is 0 Å². The third-order valence-electron chi connectivity index (χ3n) is 6.13. The number of piperidine rings is 1. The first kappa shape index (κ1) is 19.1. The third kappa shape index (κ3) is 3.33. The molecule has 2 aliphatic heterocycles. The zero-order valence-corrected chi connectivity index (χ0v) is 17.2. The van der Waals surface area contributed by atoms with Crippen molar-refractivity contribution in [2.75, 3.05) is 24.5 Å². The monoisotopic (exact) mass is 423 g/mol. The predicted octanol–water partition coefficient (Wildman–Crippen LogP) is 3.14. The Kier molecular flexibility index (Phi) is 4.90. The molecule has 0 spiro atoms. The summed E-state index contributed by atoms with van der Waals surface area (Å²) >= 11 is 6.25. The Labute approximate surface area is 179 Å². The van der Waals surface area contributed by atoms with Gasteiger partial charge in [0.05, 0.1) is 16.6 Å². The van der Waals surface area contributed by atoms with Gasteiger partial charge in [-0.2, -0.15) is 0 Å². The number of hydrogen-bond acceptors (Lipinski definition) is 4. The summed E-state index contributed by atoms with van der Waals surface area (Å²) in [6.07, 6.45) is 3.90. The Morgan fingerprint density at radius 3 is 2.60 bits per heavy atom. The molecule has 4 heterocycles. The van der Waals surface area contributed by atoms with Gasteiger partial charge in [-0.15, -0.1) is 10.2 Å². The number of halogens is 1. The Morgan fingerprint density at radius 1 is 1.03 bits per heavy atom. The van der Waals surface area contributed by atoms with E-state index in [1.807, 2.05) is 51.9 Å². The minimum absolute atomic E-state index is 0.0498. The molecule has 0 saturated carbocycles. The number of para-hydroxylation sites is 1. The summed E-state index contributed by atoms with van der Waals surface area (Å²) in [6, 6.07) is 13.1. The van der Waals surface area contributed by atoms with E-state index in [-0.39, 0.29) is 30.1 Å². The lowest BCUT2D eigenvalue weighted by Crippen LogP contribution is -2.42. The average Bonchev–Trinajstić information content (AvgIpc) is 3.37. The molecule has 2 fully saturated rings. The van der Waals surface area contributed by atoms with Crippen molar-refractivity contribution in [1.29, 1.82) is 0 Å². The number of carbonyl (C=O) groups excluding carboxylic acids is 2. The SMILES string of the molecule is O=C([C@@H]1CC(=O)N(c2ccccc2Cl)C1)N1CCC(c2nnc3ccccn23)CC1. The Bertz CT molecular complexity index is 1110. The minimum Gasteiger partial charge on any atom is -0.342 e. The van der Waals surface area contributed by atoms with Gasteiger partial charge in [0, 0.05) is 38.2 Å². The summed E-state index contributed by atoms with van der Waals surface area (Å²) in [4.78, 5) is 29.2. The fraction of sp³-hybridized carbons (Fsp3) is 0.364. The van der Waals surface area contributed by atoms with Crippen LogP contribution in [-0.2, 0) is 9.59 Å². The molecule has 7 nitrogen and oxygen atoms in total. The number of nitrogens with zero attached hydrogens (tertiary/aromatic N) is 5. The highest BCUT2D eigenvalue weighted by molar-refractivity contribution is 6.33. The van der Waals surface area contributed by atoms with Crippen LogP contribution >= 0.6 is 11.6 Å². The number of likely N-dealkylation sites (tertiary alicyclic amines) is 1. The molecule has 1 aromatic carbocycles. The summed E-state index contributed by atoms with van der Waals surface area (Å²) in [5.74, 6) is 0.919. The predicted molar refractivity (Wildman–Crippen MR) is 113 cm³/mol. The molecule has 1 atom stereocenters. The first-order valence-corrected chi connectivity index (χ1v) is 10.6. The van der Waals surface area contributed by atoms with Gasteiger partial charge in [0.1, 0.15) is 5.82 Å². The number of rotatable bonds is 3. The van der Waals surface area contributed by atoms with E-state index >= 15 is 0 Å². The molecule has 8 heteroatoms. The number of aromatic nitrogens is 3. The quantitative estimate of drug-likeness (QED) is 0.648. The van der Waals surface area contributed by atoms with E-state index in [4.69, 9.17) is 11.6 Å². The van der Waals surface area contributed by atoms with Crippen molar-refractivity contribution in [3.8, 4) is 0 Å². The number of fused-ring (bicyclic) bond motifs is 1. The fourth-order valence-corrected chi connectivity index (χ4v) is 4.77. The third-order valence-corrected chi connectivity index (χ3v) is 6.45. The normalized spacial score (nSPS) is 20.3. The highest BCUT2D eigenvalue weighted by Crippen LogP contribution is 2.33. The minimum atomic E-state index is -0.320. The largest absolute Gasteiger partial charge is 0.342 e. The second-order valence-electron chi connectivity index (χ2n) is 7.94. The van der Waals surface area contributed by atoms with Crippen LogP contribution in [0.25, 0.3) is 5.65 Å². The zero-order chi connectivity index (χ0) is 20.7. The molecule has 0 N–H and O–H groups in total. The van der Waals surface area contributed by atoms with Crippen LogP contribution in [0.15, 0.2) is 48.7 Å². The van der Waals surface area contributed by atoms with E-state index in [1.165, 1.54) is 0 Å². The standard InChI is InChI=1S/C22H22ClN5O2/c23-17-5-1-2-6-18(17)28-14-16(13-20(28)29)22(30)26-11-8-15(9-12-26)21-25-24-19-7-3-4-10-27(19)21/h1-7,10,15-16H,8-9,11-14H2/t16-/m1/s1. The van der Waals surface area contributed by atoms with Gasteiger partial charge in [-0.1, -0.05) is 29.8 Å². The molecule has 0 aliphatic carbocycles. The molecule has 2 aliphatic rings. The molecule has 0 bridgehead atoms. The van der Waals surface area contributed by atoms with Crippen molar-refractivity contribution >= 4 is 34.7 Å². The fourth-order valence-electron chi connectivity index (χ4n) is 4.53. The van der Waals surface area contributed by atoms with E-state index in [0.29, 0.717) is 30.3 Å². The maximum absolute atomic E-state index is 13.1. The van der Waals surface area contributed by atoms with Crippen LogP contribution in [0.1, 0.15) is 31.0 Å². The number of benzene rings is 1. The second kappa shape index (κ2) is 7.72. The van der Waals surface area contributed by atoms with Crippen molar-refractivity contribution < 1.29 is 9.59 Å². The van der Waals surface area contributed by atoms with E-state index in [9.17, 15) is 9.59 Å². The maximum Gasteiger partial charge on any atom is 0.228 e. The van der Waals surface area contributed by atoms with Crippen molar-refractivity contribution in [3.63, 3.8) is 0 Å². The smallest absolute Gasteiger partial charge is 0.228 e. The molecule has 30 heavy (non-hydrogen) atoms. The maximum atomic E-state index is 13.1. The summed E-state index contributed by atoms with van der Waals surface area (Å²) in [5, 5.41) is 9.14. The van der Waals surface area contributed by atoms with Crippen LogP contribution in [0.2, 0.25) is 5.02 Å². The highest BCUT2D eigenvalue weighted by Gasteiger charge is 2.39. The summed E-state index contributed by atoms with van der Waals surface area (Å²) < 4.78 is 2.03. The van der Waals surface area contributed by atoms with E-state index in [1.54, 1.807) is 11.0 Å². The summed E-state index contributed by atoms with van der Waals surface area (Å²) in [7, 11) is 0. The second-order valence-corrected chi connectivity index (χ2v) is 8.35. The molecule has 0 radical (unpaired) electrons. The van der Waals surface area contributed by atoms with E-state index in [2.05, 4.69) is 10.2 Å². The van der Waals surface area contributed by atoms with Gasteiger partial charge < -0.3 is 9.80 Å². The van der Waals surface area contributed by atoms with Crippen LogP contribution in [0.3, 0.4) is 0 Å². The van der Waals surface area contributed by atoms with Crippen LogP contribution in [-0.4, -0.2) is 50.9 Å². The van der Waals surface area contributed by atoms with Gasteiger partial charge in [-0.25, -0.2) is 0 Å². The van der Waals surface area contributed by atoms with Gasteiger partial charge in [-0.3, -0.25) is 14.0 Å². The van der Waals surface area contributed by atoms with Crippen molar-refractivity contribution in [2.45, 2.75) is 25.2 Å². The summed E-state index contributed by atoms with van der Waals surface area (Å²) in [5.41, 5.74) is 1.52. The summed E-state index contributed by atoms with van der Waals surface area (Å²) in [6.45, 7) is 1.72. The molecule has 2 aromatic heterocycles. The number of carbonyl (C=O) groups is 2. The highest BCUT2D eigenvalue weighted by atomic mass is 35.5. The van der Waals surface area contributed by atoms with Gasteiger partial charge in [0.15, 0.2) is 5.65 Å². The molecule has 5 rings (SSSR count). The number of hydrogen-bond donors (Lipinski definition) is 0. The molecule has 2 saturated heterocycles. The number of anilines is 1. The lowest BCUT2D eigenvalue weighted by atomic mass is 9.94. The lowest BCUT2D eigenvalue weighted by Gasteiger charge is -2.32. The van der Waals surface area contributed by atoms with Gasteiger partial charge in [0.2, 0.25) is 11.8 Å². The van der Waals surface area contributed by atoms with Gasteiger partial charge in [0.25, 0.3) is 0 Å². The van der Waals surface area contributed by atoms with E-state index in [0.717, 1.165) is 24.3 Å². The molecular formula is C22H22ClN5O2. The molecule has 0 unspecified atom stereocenters. The van der Waals surface area contributed by atoms with Crippen LogP contribution in [0.4, 0.5) is 5.69 Å². The van der Waals surface area contributed by atoms with Crippen molar-refractivity contribution in [3.05, 3.63) is 59.5 Å². The molecular weight excluding hydrogens is 402 g/mol. The van der Waals surface area contributed by atoms with Crippen LogP contribution < -0.4 is 4.90 Å². The van der Waals surface area contributed by atoms with Gasteiger partial charge >= 0.3 is 0 Å². The Hall–Kier alpha value is -2.93. The van der Waals surface area contributed by atoms with Crippen LogP contribution in [0, 0.1) is 5.92 Å². The van der Waals surface area contributed by atoms with Crippen molar-refractivity contribution in [1.82, 2.24) is 19.5 Å². The Morgan fingerprint density at radius 2 is 1.80 bits per heavy atom. The first-order valence-electron chi connectivity index (χ1n) is 10.2. The molecule has 154 valence electrons. The van der Waals surface area contributed by atoms with Gasteiger partial charge in [-0.05, 0) is 37.1 Å². The van der Waals surface area contributed by atoms with Crippen molar-refractivity contribution in [2.24, 2.45) is 5.92 Å². The number of pyridine rings is 1. The average molecular weight is 424 g/mol. The van der Waals surface area contributed by atoms with E-state index < -0.39 is 0 Å². The zero-order valence-electron chi connectivity index (χ0n) is 16.4. The number of amides is 2. The topological polar surface area (TPSA) is 70.8 Å². The molecule has 2 amide bonds. The first-order chi connectivity index (χ1) is 14.6.